The highest BCUT2D eigenvalue weighted by atomic mass is 16.5. The Hall–Kier alpha value is -1.61. The molecule has 1 aromatic rings. The smallest absolute Gasteiger partial charge is 0.145 e. The maximum atomic E-state index is 5.24. The number of hydrogen-bond donors (Lipinski definition) is 1. The van der Waals surface area contributed by atoms with Crippen LogP contribution in [0.15, 0.2) is 37.4 Å². The number of nitrogens with one attached hydrogen (secondary N) is 1. The molecule has 1 aliphatic carbocycles. The van der Waals surface area contributed by atoms with Gasteiger partial charge in [-0.25, -0.2) is 0 Å². The zero-order valence-electron chi connectivity index (χ0n) is 9.02. The zero-order valence-corrected chi connectivity index (χ0v) is 9.02. The molecule has 3 rings (SSSR count). The summed E-state index contributed by atoms with van der Waals surface area (Å²) in [5.74, 6) is 2.14. The predicted octanol–water partition coefficient (Wildman–Crippen LogP) is 1.84. The van der Waals surface area contributed by atoms with Crippen LogP contribution in [0.3, 0.4) is 0 Å². The zero-order chi connectivity index (χ0) is 11.0. The average Bonchev–Trinajstić information content (AvgIpc) is 2.61. The lowest BCUT2D eigenvalue weighted by Gasteiger charge is -2.29. The molecule has 2 atom stereocenters. The third-order valence-electron chi connectivity index (χ3n) is 3.32. The predicted molar refractivity (Wildman–Crippen MR) is 62.9 cm³/mol. The molecule has 0 aromatic carbocycles. The molecular weight excluding hydrogens is 200 g/mol. The quantitative estimate of drug-likeness (QED) is 0.779. The number of aromatic nitrogens is 1. The summed E-state index contributed by atoms with van der Waals surface area (Å²) in [5, 5.41) is 3.40. The van der Waals surface area contributed by atoms with Crippen molar-refractivity contribution in [1.29, 1.82) is 0 Å². The lowest BCUT2D eigenvalue weighted by Crippen LogP contribution is -2.22. The summed E-state index contributed by atoms with van der Waals surface area (Å²) >= 11 is 0. The third-order valence-corrected chi connectivity index (χ3v) is 3.32. The van der Waals surface area contributed by atoms with Gasteiger partial charge in [0.05, 0.1) is 12.5 Å². The van der Waals surface area contributed by atoms with Gasteiger partial charge in [0.2, 0.25) is 0 Å². The van der Waals surface area contributed by atoms with E-state index in [0.717, 1.165) is 24.8 Å². The Morgan fingerprint density at radius 2 is 2.38 bits per heavy atom. The van der Waals surface area contributed by atoms with Crippen LogP contribution in [0.25, 0.3) is 5.57 Å². The lowest BCUT2D eigenvalue weighted by molar-refractivity contribution is 0.480. The molecule has 3 nitrogen and oxygen atoms in total. The van der Waals surface area contributed by atoms with Crippen molar-refractivity contribution < 1.29 is 4.74 Å². The average molecular weight is 214 g/mol. The molecule has 3 heteroatoms. The highest BCUT2D eigenvalue weighted by Gasteiger charge is 2.36. The van der Waals surface area contributed by atoms with E-state index in [1.807, 2.05) is 12.3 Å². The van der Waals surface area contributed by atoms with Crippen LogP contribution >= 0.6 is 0 Å². The monoisotopic (exact) mass is 214 g/mol. The second kappa shape index (κ2) is 3.76. The molecule has 1 saturated heterocycles. The van der Waals surface area contributed by atoms with Gasteiger partial charge in [0.15, 0.2) is 0 Å². The number of fused-ring (bicyclic) bond motifs is 1. The summed E-state index contributed by atoms with van der Waals surface area (Å²) in [6.07, 6.45) is 7.36. The van der Waals surface area contributed by atoms with Crippen molar-refractivity contribution in [3.8, 4) is 5.75 Å². The van der Waals surface area contributed by atoms with E-state index in [1.54, 1.807) is 6.20 Å². The van der Waals surface area contributed by atoms with Crippen LogP contribution in [0.2, 0.25) is 0 Å². The van der Waals surface area contributed by atoms with Gasteiger partial charge in [0.25, 0.3) is 0 Å². The van der Waals surface area contributed by atoms with Crippen molar-refractivity contribution in [3.63, 3.8) is 0 Å². The summed E-state index contributed by atoms with van der Waals surface area (Å²) in [6.45, 7) is 5.75. The maximum absolute atomic E-state index is 5.24. The minimum absolute atomic E-state index is 0.667. The van der Waals surface area contributed by atoms with Crippen molar-refractivity contribution in [2.24, 2.45) is 11.8 Å². The summed E-state index contributed by atoms with van der Waals surface area (Å²) in [5.41, 5.74) is 2.57. The SMILES string of the molecule is C=COc1cncc(C2=C[C@H]3CNC[C@@H]23)c1. The second-order valence-corrected chi connectivity index (χ2v) is 4.24. The lowest BCUT2D eigenvalue weighted by atomic mass is 9.74. The molecule has 82 valence electrons. The van der Waals surface area contributed by atoms with Gasteiger partial charge in [-0.1, -0.05) is 12.7 Å². The van der Waals surface area contributed by atoms with E-state index in [-0.39, 0.29) is 0 Å². The Bertz CT molecular complexity index is 453. The molecule has 0 radical (unpaired) electrons. The molecule has 2 heterocycles. The highest BCUT2D eigenvalue weighted by molar-refractivity contribution is 5.74. The number of ether oxygens (including phenoxy) is 1. The number of nitrogens with zero attached hydrogens (tertiary/aromatic N) is 1. The first-order valence-electron chi connectivity index (χ1n) is 5.54. The Balaban J connectivity index is 1.87. The molecule has 0 spiro atoms. The molecule has 16 heavy (non-hydrogen) atoms. The number of rotatable bonds is 3. The van der Waals surface area contributed by atoms with Gasteiger partial charge in [-0.05, 0) is 23.1 Å². The molecule has 1 N–H and O–H groups in total. The van der Waals surface area contributed by atoms with E-state index in [0.29, 0.717) is 5.92 Å². The van der Waals surface area contributed by atoms with Crippen LogP contribution in [-0.4, -0.2) is 18.1 Å². The van der Waals surface area contributed by atoms with E-state index >= 15 is 0 Å². The minimum atomic E-state index is 0.667. The fourth-order valence-corrected chi connectivity index (χ4v) is 2.50. The van der Waals surface area contributed by atoms with Crippen LogP contribution in [0.4, 0.5) is 0 Å². The van der Waals surface area contributed by atoms with Gasteiger partial charge < -0.3 is 10.1 Å². The van der Waals surface area contributed by atoms with Crippen molar-refractivity contribution in [2.75, 3.05) is 13.1 Å². The maximum Gasteiger partial charge on any atom is 0.145 e. The van der Waals surface area contributed by atoms with Gasteiger partial charge in [0.1, 0.15) is 5.75 Å². The van der Waals surface area contributed by atoms with Crippen molar-refractivity contribution in [1.82, 2.24) is 10.3 Å². The normalized spacial score (nSPS) is 26.6. The van der Waals surface area contributed by atoms with Crippen LogP contribution in [0.1, 0.15) is 5.56 Å². The van der Waals surface area contributed by atoms with Crippen molar-refractivity contribution in [2.45, 2.75) is 0 Å². The van der Waals surface area contributed by atoms with Crippen LogP contribution in [0.5, 0.6) is 5.75 Å². The van der Waals surface area contributed by atoms with Gasteiger partial charge in [-0.15, -0.1) is 0 Å². The molecule has 0 saturated carbocycles. The van der Waals surface area contributed by atoms with Crippen molar-refractivity contribution in [3.05, 3.63) is 42.9 Å². The van der Waals surface area contributed by atoms with E-state index in [1.165, 1.54) is 17.4 Å². The number of pyridine rings is 1. The minimum Gasteiger partial charge on any atom is -0.464 e. The molecule has 1 aliphatic heterocycles. The molecular formula is C13H14N2O. The molecule has 0 bridgehead atoms. The van der Waals surface area contributed by atoms with Crippen LogP contribution in [-0.2, 0) is 0 Å². The summed E-state index contributed by atoms with van der Waals surface area (Å²) in [6, 6.07) is 2.02. The van der Waals surface area contributed by atoms with Crippen LogP contribution in [0, 0.1) is 11.8 Å². The highest BCUT2D eigenvalue weighted by Crippen LogP contribution is 2.42. The first kappa shape index (κ1) is 9.60. The second-order valence-electron chi connectivity index (χ2n) is 4.24. The molecule has 1 aromatic heterocycles. The fourth-order valence-electron chi connectivity index (χ4n) is 2.50. The number of hydrogen-bond acceptors (Lipinski definition) is 3. The van der Waals surface area contributed by atoms with Gasteiger partial charge in [-0.3, -0.25) is 4.98 Å². The molecule has 2 aliphatic rings. The summed E-state index contributed by atoms with van der Waals surface area (Å²) in [4.78, 5) is 4.19. The fraction of sp³-hybridized carbons (Fsp3) is 0.308. The Morgan fingerprint density at radius 1 is 1.44 bits per heavy atom. The van der Waals surface area contributed by atoms with Gasteiger partial charge >= 0.3 is 0 Å². The summed E-state index contributed by atoms with van der Waals surface area (Å²) < 4.78 is 5.24. The Kier molecular flexibility index (Phi) is 2.26. The Labute approximate surface area is 94.8 Å². The van der Waals surface area contributed by atoms with Gasteiger partial charge in [0, 0.05) is 25.2 Å². The van der Waals surface area contributed by atoms with Gasteiger partial charge in [-0.2, -0.15) is 0 Å². The topological polar surface area (TPSA) is 34.1 Å². The standard InChI is InChI=1S/C13H14N2O/c1-2-16-11-3-9(5-14-7-11)12-4-10-6-15-8-13(10)12/h2-5,7,10,13,15H,1,6,8H2/t10-,13+/m0/s1. The first-order chi connectivity index (χ1) is 7.88. The van der Waals surface area contributed by atoms with E-state index in [4.69, 9.17) is 4.74 Å². The van der Waals surface area contributed by atoms with E-state index in [9.17, 15) is 0 Å². The first-order valence-corrected chi connectivity index (χ1v) is 5.54. The van der Waals surface area contributed by atoms with E-state index in [2.05, 4.69) is 23.0 Å². The third kappa shape index (κ3) is 1.44. The largest absolute Gasteiger partial charge is 0.464 e. The molecule has 0 amide bonds. The Morgan fingerprint density at radius 3 is 3.19 bits per heavy atom. The van der Waals surface area contributed by atoms with E-state index < -0.39 is 0 Å². The molecule has 0 unspecified atom stereocenters. The van der Waals surface area contributed by atoms with Crippen molar-refractivity contribution >= 4 is 5.57 Å². The molecule has 1 fully saturated rings. The summed E-state index contributed by atoms with van der Waals surface area (Å²) in [7, 11) is 0. The van der Waals surface area contributed by atoms with Crippen LogP contribution < -0.4 is 10.1 Å².